The maximum absolute atomic E-state index is 12.0. The van der Waals surface area contributed by atoms with Gasteiger partial charge in [-0.3, -0.25) is 0 Å². The van der Waals surface area contributed by atoms with Crippen LogP contribution >= 0.6 is 0 Å². The smallest absolute Gasteiger partial charge is 0.326 e. The Morgan fingerprint density at radius 1 is 1.54 bits per heavy atom. The van der Waals surface area contributed by atoms with Crippen molar-refractivity contribution in [3.63, 3.8) is 0 Å². The number of benzene rings is 1. The lowest BCUT2D eigenvalue weighted by molar-refractivity contribution is -0.142. The van der Waals surface area contributed by atoms with Gasteiger partial charge in [-0.1, -0.05) is 32.2 Å². The Morgan fingerprint density at radius 3 is 2.69 bits per heavy atom. The predicted molar refractivity (Wildman–Crippen MR) is 106 cm³/mol. The Bertz CT molecular complexity index is 752. The van der Waals surface area contributed by atoms with E-state index in [1.54, 1.807) is 7.11 Å². The van der Waals surface area contributed by atoms with Crippen LogP contribution in [0, 0.1) is 5.92 Å². The van der Waals surface area contributed by atoms with Crippen molar-refractivity contribution >= 4 is 17.7 Å². The standard InChI is InChI=1S/C21H28N2O3/c1-6-7-16-10-17(20(26-5)12-18(16)14(3)22)11-19(21(24)25)23-9-8-13(2)15(23)4/h6-7,10,12-13,19H,3-4,8-9,11,22H2,1-2,5H3,(H,24,25)/b7-6-/t13-,19?/m0/s1. The van der Waals surface area contributed by atoms with E-state index in [1.807, 2.05) is 36.1 Å². The molecule has 0 radical (unpaired) electrons. The molecule has 1 unspecified atom stereocenters. The van der Waals surface area contributed by atoms with Crippen molar-refractivity contribution < 1.29 is 14.6 Å². The largest absolute Gasteiger partial charge is 0.496 e. The Labute approximate surface area is 155 Å². The van der Waals surface area contributed by atoms with Crippen LogP contribution in [0.4, 0.5) is 0 Å². The fourth-order valence-electron chi connectivity index (χ4n) is 3.41. The number of carboxylic acids is 1. The Balaban J connectivity index is 2.45. The molecule has 1 saturated heterocycles. The summed E-state index contributed by atoms with van der Waals surface area (Å²) in [5.74, 6) is 0.0615. The molecule has 1 aliphatic rings. The van der Waals surface area contributed by atoms with E-state index in [-0.39, 0.29) is 0 Å². The molecular formula is C21H28N2O3. The van der Waals surface area contributed by atoms with Crippen LogP contribution in [0.5, 0.6) is 5.75 Å². The molecule has 2 rings (SSSR count). The Kier molecular flexibility index (Phi) is 6.14. The summed E-state index contributed by atoms with van der Waals surface area (Å²) in [4.78, 5) is 13.9. The summed E-state index contributed by atoms with van der Waals surface area (Å²) in [7, 11) is 1.57. The molecule has 0 amide bonds. The van der Waals surface area contributed by atoms with Crippen LogP contribution in [0.15, 0.2) is 37.1 Å². The highest BCUT2D eigenvalue weighted by Gasteiger charge is 2.33. The number of carboxylic acid groups (broad SMARTS) is 1. The van der Waals surface area contributed by atoms with Gasteiger partial charge in [0.15, 0.2) is 0 Å². The first kappa shape index (κ1) is 19.6. The minimum Gasteiger partial charge on any atom is -0.496 e. The number of methoxy groups -OCH3 is 1. The van der Waals surface area contributed by atoms with Crippen molar-refractivity contribution in [2.75, 3.05) is 13.7 Å². The van der Waals surface area contributed by atoms with E-state index in [9.17, 15) is 9.90 Å². The maximum Gasteiger partial charge on any atom is 0.326 e. The molecule has 0 aromatic heterocycles. The molecule has 1 aromatic carbocycles. The normalized spacial score (nSPS) is 18.3. The fourth-order valence-corrected chi connectivity index (χ4v) is 3.41. The highest BCUT2D eigenvalue weighted by atomic mass is 16.5. The molecular weight excluding hydrogens is 328 g/mol. The number of likely N-dealkylation sites (tertiary alicyclic amines) is 1. The number of nitrogens with zero attached hydrogens (tertiary/aromatic N) is 1. The van der Waals surface area contributed by atoms with Crippen LogP contribution in [-0.2, 0) is 11.2 Å². The lowest BCUT2D eigenvalue weighted by Gasteiger charge is -2.28. The van der Waals surface area contributed by atoms with E-state index in [0.717, 1.165) is 28.8 Å². The lowest BCUT2D eigenvalue weighted by Crippen LogP contribution is -2.40. The zero-order valence-corrected chi connectivity index (χ0v) is 15.8. The van der Waals surface area contributed by atoms with Crippen molar-refractivity contribution in [2.24, 2.45) is 11.7 Å². The van der Waals surface area contributed by atoms with Crippen LogP contribution < -0.4 is 10.5 Å². The molecule has 1 aliphatic heterocycles. The van der Waals surface area contributed by atoms with Crippen LogP contribution in [0.25, 0.3) is 11.8 Å². The topological polar surface area (TPSA) is 75.8 Å². The van der Waals surface area contributed by atoms with Gasteiger partial charge >= 0.3 is 5.97 Å². The van der Waals surface area contributed by atoms with Gasteiger partial charge < -0.3 is 20.5 Å². The average molecular weight is 356 g/mol. The first-order valence-corrected chi connectivity index (χ1v) is 8.76. The molecule has 26 heavy (non-hydrogen) atoms. The highest BCUT2D eigenvalue weighted by Crippen LogP contribution is 2.33. The van der Waals surface area contributed by atoms with Crippen molar-refractivity contribution in [3.8, 4) is 5.75 Å². The third-order valence-corrected chi connectivity index (χ3v) is 4.96. The number of hydrogen-bond donors (Lipinski definition) is 2. The van der Waals surface area contributed by atoms with E-state index in [2.05, 4.69) is 20.1 Å². The molecule has 0 bridgehead atoms. The summed E-state index contributed by atoms with van der Waals surface area (Å²) < 4.78 is 5.51. The molecule has 3 N–H and O–H groups in total. The molecule has 5 heteroatoms. The molecule has 2 atom stereocenters. The number of carbonyl (C=O) groups is 1. The van der Waals surface area contributed by atoms with Crippen molar-refractivity contribution in [2.45, 2.75) is 32.7 Å². The molecule has 1 heterocycles. The van der Waals surface area contributed by atoms with Gasteiger partial charge in [-0.05, 0) is 42.5 Å². The van der Waals surface area contributed by atoms with Crippen molar-refractivity contribution in [1.82, 2.24) is 4.90 Å². The van der Waals surface area contributed by atoms with Gasteiger partial charge in [-0.25, -0.2) is 4.79 Å². The molecule has 5 nitrogen and oxygen atoms in total. The van der Waals surface area contributed by atoms with Crippen LogP contribution in [0.2, 0.25) is 0 Å². The number of rotatable bonds is 7. The number of aliphatic carboxylic acids is 1. The quantitative estimate of drug-likeness (QED) is 0.782. The molecule has 140 valence electrons. The molecule has 0 saturated carbocycles. The SMILES string of the molecule is C=C(N)c1cc(OC)c(CC(C(=O)O)N2CC[C@H](C)C2=C)cc1/C=C\C. The maximum atomic E-state index is 12.0. The molecule has 0 aliphatic carbocycles. The van der Waals surface area contributed by atoms with Gasteiger partial charge in [0.05, 0.1) is 7.11 Å². The summed E-state index contributed by atoms with van der Waals surface area (Å²) >= 11 is 0. The van der Waals surface area contributed by atoms with Crippen molar-refractivity contribution in [1.29, 1.82) is 0 Å². The zero-order chi connectivity index (χ0) is 19.4. The highest BCUT2D eigenvalue weighted by molar-refractivity contribution is 5.76. The van der Waals surface area contributed by atoms with Gasteiger partial charge in [0.25, 0.3) is 0 Å². The first-order valence-electron chi connectivity index (χ1n) is 8.76. The van der Waals surface area contributed by atoms with Gasteiger partial charge in [-0.15, -0.1) is 0 Å². The minimum atomic E-state index is -0.859. The predicted octanol–water partition coefficient (Wildman–Crippen LogP) is 3.51. The van der Waals surface area contributed by atoms with Gasteiger partial charge in [0.2, 0.25) is 0 Å². The molecule has 0 spiro atoms. The van der Waals surface area contributed by atoms with Gasteiger partial charge in [0, 0.05) is 29.9 Å². The number of ether oxygens (including phenoxy) is 1. The van der Waals surface area contributed by atoms with E-state index < -0.39 is 12.0 Å². The lowest BCUT2D eigenvalue weighted by atomic mass is 9.96. The van der Waals surface area contributed by atoms with Gasteiger partial charge in [-0.2, -0.15) is 0 Å². The van der Waals surface area contributed by atoms with E-state index >= 15 is 0 Å². The fraction of sp³-hybridized carbons (Fsp3) is 0.381. The second-order valence-corrected chi connectivity index (χ2v) is 6.71. The minimum absolute atomic E-state index is 0.306. The Morgan fingerprint density at radius 2 is 2.23 bits per heavy atom. The summed E-state index contributed by atoms with van der Waals surface area (Å²) in [5, 5.41) is 9.81. The summed E-state index contributed by atoms with van der Waals surface area (Å²) in [6.45, 7) is 12.6. The van der Waals surface area contributed by atoms with E-state index in [1.165, 1.54) is 0 Å². The number of allylic oxidation sites excluding steroid dienone is 2. The van der Waals surface area contributed by atoms with Crippen LogP contribution in [0.1, 0.15) is 37.0 Å². The second-order valence-electron chi connectivity index (χ2n) is 6.71. The van der Waals surface area contributed by atoms with Crippen LogP contribution in [-0.4, -0.2) is 35.7 Å². The summed E-state index contributed by atoms with van der Waals surface area (Å²) in [6, 6.07) is 3.09. The third kappa shape index (κ3) is 3.93. The monoisotopic (exact) mass is 356 g/mol. The summed E-state index contributed by atoms with van der Waals surface area (Å²) in [6.07, 6.45) is 5.10. The van der Waals surface area contributed by atoms with Crippen LogP contribution in [0.3, 0.4) is 0 Å². The second kappa shape index (κ2) is 8.13. The first-order chi connectivity index (χ1) is 12.3. The van der Waals surface area contributed by atoms with Crippen molar-refractivity contribution in [3.05, 3.63) is 53.8 Å². The zero-order valence-electron chi connectivity index (χ0n) is 15.8. The van der Waals surface area contributed by atoms with E-state index in [0.29, 0.717) is 30.3 Å². The van der Waals surface area contributed by atoms with Gasteiger partial charge in [0.1, 0.15) is 11.8 Å². The summed E-state index contributed by atoms with van der Waals surface area (Å²) in [5.41, 5.74) is 9.74. The molecule has 1 aromatic rings. The Hall–Kier alpha value is -2.69. The number of nitrogens with two attached hydrogens (primary N) is 1. The number of hydrogen-bond acceptors (Lipinski definition) is 4. The third-order valence-electron chi connectivity index (χ3n) is 4.96. The average Bonchev–Trinajstić information content (AvgIpc) is 2.91. The molecule has 1 fully saturated rings. The van der Waals surface area contributed by atoms with E-state index in [4.69, 9.17) is 10.5 Å².